The Morgan fingerprint density at radius 1 is 0.949 bits per heavy atom. The van der Waals surface area contributed by atoms with Crippen LogP contribution in [0.1, 0.15) is 28.4 Å². The zero-order chi connectivity index (χ0) is 28.1. The summed E-state index contributed by atoms with van der Waals surface area (Å²) in [5.41, 5.74) is 1.19. The second kappa shape index (κ2) is 12.9. The summed E-state index contributed by atoms with van der Waals surface area (Å²) in [7, 11) is 0. The van der Waals surface area contributed by atoms with Crippen molar-refractivity contribution in [3.8, 4) is 5.75 Å². The van der Waals surface area contributed by atoms with Crippen molar-refractivity contribution in [2.24, 2.45) is 4.99 Å². The summed E-state index contributed by atoms with van der Waals surface area (Å²) in [6, 6.07) is 16.8. The number of carbonyl (C=O) groups excluding carboxylic acids is 2. The molecule has 1 amide bonds. The summed E-state index contributed by atoms with van der Waals surface area (Å²) < 4.78 is 10.9. The summed E-state index contributed by atoms with van der Waals surface area (Å²) in [4.78, 5) is 29.8. The van der Waals surface area contributed by atoms with Gasteiger partial charge >= 0.3 is 5.97 Å². The molecule has 0 radical (unpaired) electrons. The van der Waals surface area contributed by atoms with Crippen molar-refractivity contribution in [3.05, 3.63) is 114 Å². The fourth-order valence-corrected chi connectivity index (χ4v) is 5.53. The molecule has 1 aliphatic heterocycles. The molecule has 1 heterocycles. The standard InChI is InChI=1S/C28H19Cl4NO5S/c1-2-37-28(36)23-24(34)22(39-27(23)33-26(35)17-8-4-6-10-19(17)30)13-15-11-20(31)25(21(32)12-15)38-14-16-7-3-5-9-18(16)29/h3-13,34H,2,14H2,1H3/b22-13-,33-27?. The molecule has 3 aromatic carbocycles. The quantitative estimate of drug-likeness (QED) is 0.266. The van der Waals surface area contributed by atoms with E-state index in [1.165, 1.54) is 6.07 Å². The molecule has 0 fully saturated rings. The van der Waals surface area contributed by atoms with E-state index in [0.717, 1.165) is 17.3 Å². The number of aliphatic hydroxyl groups excluding tert-OH is 1. The minimum Gasteiger partial charge on any atom is -0.506 e. The molecule has 0 spiro atoms. The molecule has 0 aliphatic carbocycles. The van der Waals surface area contributed by atoms with E-state index in [-0.39, 0.29) is 55.1 Å². The maximum atomic E-state index is 12.8. The van der Waals surface area contributed by atoms with Gasteiger partial charge in [-0.1, -0.05) is 88.5 Å². The van der Waals surface area contributed by atoms with Crippen LogP contribution in [0.4, 0.5) is 0 Å². The van der Waals surface area contributed by atoms with Crippen LogP contribution >= 0.6 is 58.2 Å². The first kappa shape index (κ1) is 29.1. The van der Waals surface area contributed by atoms with Crippen molar-refractivity contribution in [2.45, 2.75) is 13.5 Å². The van der Waals surface area contributed by atoms with Gasteiger partial charge in [0.25, 0.3) is 5.91 Å². The Morgan fingerprint density at radius 2 is 1.59 bits per heavy atom. The SMILES string of the molecule is CCOC(=O)C1=C(O)/C(=C/c2cc(Cl)c(OCc3ccccc3Cl)c(Cl)c2)SC1=NC(=O)c1ccccc1Cl. The Hall–Kier alpha value is -2.94. The van der Waals surface area contributed by atoms with Gasteiger partial charge in [0.1, 0.15) is 23.0 Å². The highest BCUT2D eigenvalue weighted by Crippen LogP contribution is 2.41. The molecule has 0 saturated heterocycles. The molecule has 0 aromatic heterocycles. The molecule has 1 N–H and O–H groups in total. The smallest absolute Gasteiger partial charge is 0.344 e. The third kappa shape index (κ3) is 6.80. The number of amides is 1. The lowest BCUT2D eigenvalue weighted by Crippen LogP contribution is -2.14. The van der Waals surface area contributed by atoms with Gasteiger partial charge in [0, 0.05) is 10.6 Å². The number of hydrogen-bond donors (Lipinski definition) is 1. The topological polar surface area (TPSA) is 85.2 Å². The number of aliphatic imine (C=N–C) groups is 1. The second-order valence-corrected chi connectivity index (χ2v) is 10.6. The van der Waals surface area contributed by atoms with Crippen LogP contribution in [0.15, 0.2) is 81.9 Å². The van der Waals surface area contributed by atoms with Crippen molar-refractivity contribution in [1.82, 2.24) is 0 Å². The fourth-order valence-electron chi connectivity index (χ4n) is 3.50. The van der Waals surface area contributed by atoms with Crippen molar-refractivity contribution < 1.29 is 24.2 Å². The Morgan fingerprint density at radius 3 is 2.23 bits per heavy atom. The van der Waals surface area contributed by atoms with Gasteiger partial charge in [-0.2, -0.15) is 0 Å². The molecule has 0 bridgehead atoms. The highest BCUT2D eigenvalue weighted by atomic mass is 35.5. The predicted molar refractivity (Wildman–Crippen MR) is 157 cm³/mol. The lowest BCUT2D eigenvalue weighted by atomic mass is 10.1. The van der Waals surface area contributed by atoms with Gasteiger partial charge in [-0.15, -0.1) is 0 Å². The van der Waals surface area contributed by atoms with Crippen molar-refractivity contribution in [2.75, 3.05) is 6.61 Å². The molecule has 0 saturated carbocycles. The number of rotatable bonds is 7. The minimum atomic E-state index is -0.823. The molecule has 0 unspecified atom stereocenters. The van der Waals surface area contributed by atoms with E-state index in [9.17, 15) is 14.7 Å². The zero-order valence-electron chi connectivity index (χ0n) is 20.2. The van der Waals surface area contributed by atoms with Crippen LogP contribution in [-0.4, -0.2) is 28.6 Å². The van der Waals surface area contributed by atoms with Crippen LogP contribution in [0.25, 0.3) is 6.08 Å². The lowest BCUT2D eigenvalue weighted by molar-refractivity contribution is -0.138. The molecule has 11 heteroatoms. The number of halogens is 4. The van der Waals surface area contributed by atoms with E-state index < -0.39 is 17.6 Å². The average molecular weight is 623 g/mol. The molecular weight excluding hydrogens is 604 g/mol. The van der Waals surface area contributed by atoms with Crippen LogP contribution in [0.2, 0.25) is 20.1 Å². The van der Waals surface area contributed by atoms with Gasteiger partial charge in [-0.25, -0.2) is 9.79 Å². The zero-order valence-corrected chi connectivity index (χ0v) is 24.1. The van der Waals surface area contributed by atoms with E-state index in [2.05, 4.69) is 4.99 Å². The number of thioether (sulfide) groups is 1. The molecule has 0 atom stereocenters. The number of esters is 1. The van der Waals surface area contributed by atoms with Gasteiger partial charge in [0.2, 0.25) is 0 Å². The van der Waals surface area contributed by atoms with Crippen LogP contribution in [0.3, 0.4) is 0 Å². The first-order valence-electron chi connectivity index (χ1n) is 11.4. The minimum absolute atomic E-state index is 0.0287. The highest BCUT2D eigenvalue weighted by molar-refractivity contribution is 8.18. The monoisotopic (exact) mass is 621 g/mol. The lowest BCUT2D eigenvalue weighted by Gasteiger charge is -2.12. The number of hydrogen-bond acceptors (Lipinski definition) is 6. The molecule has 39 heavy (non-hydrogen) atoms. The molecular formula is C28H19Cl4NO5S. The number of nitrogens with zero attached hydrogens (tertiary/aromatic N) is 1. The Labute approximate surface area is 248 Å². The Bertz CT molecular complexity index is 1530. The summed E-state index contributed by atoms with van der Waals surface area (Å²) in [6.45, 7) is 1.84. The molecule has 6 nitrogen and oxygen atoms in total. The van der Waals surface area contributed by atoms with E-state index in [1.54, 1.807) is 49.4 Å². The largest absolute Gasteiger partial charge is 0.506 e. The van der Waals surface area contributed by atoms with Gasteiger partial charge in [0.15, 0.2) is 5.75 Å². The number of ether oxygens (including phenoxy) is 2. The number of benzene rings is 3. The molecule has 4 rings (SSSR count). The maximum Gasteiger partial charge on any atom is 0.344 e. The third-order valence-corrected chi connectivity index (χ3v) is 7.61. The van der Waals surface area contributed by atoms with E-state index in [0.29, 0.717) is 10.6 Å². The summed E-state index contributed by atoms with van der Waals surface area (Å²) in [6.07, 6.45) is 1.55. The number of carbonyl (C=O) groups is 2. The highest BCUT2D eigenvalue weighted by Gasteiger charge is 2.34. The van der Waals surface area contributed by atoms with Crippen molar-refractivity contribution >= 4 is 81.2 Å². The van der Waals surface area contributed by atoms with Crippen molar-refractivity contribution in [3.63, 3.8) is 0 Å². The fraction of sp³-hybridized carbons (Fsp3) is 0.107. The average Bonchev–Trinajstić information content (AvgIpc) is 3.19. The summed E-state index contributed by atoms with van der Waals surface area (Å²) in [5, 5.41) is 12.1. The summed E-state index contributed by atoms with van der Waals surface area (Å²) >= 11 is 26.1. The number of aliphatic hydroxyl groups is 1. The predicted octanol–water partition coefficient (Wildman–Crippen LogP) is 8.58. The van der Waals surface area contributed by atoms with Gasteiger partial charge in [-0.3, -0.25) is 4.79 Å². The van der Waals surface area contributed by atoms with Crippen LogP contribution in [0.5, 0.6) is 5.75 Å². The first-order chi connectivity index (χ1) is 18.7. The van der Waals surface area contributed by atoms with Crippen LogP contribution in [0, 0.1) is 0 Å². The Kier molecular flexibility index (Phi) is 9.64. The van der Waals surface area contributed by atoms with Crippen molar-refractivity contribution in [1.29, 1.82) is 0 Å². The van der Waals surface area contributed by atoms with E-state index in [1.807, 2.05) is 18.2 Å². The molecule has 200 valence electrons. The van der Waals surface area contributed by atoms with Gasteiger partial charge in [0.05, 0.1) is 32.1 Å². The third-order valence-electron chi connectivity index (χ3n) is 5.33. The maximum absolute atomic E-state index is 12.8. The summed E-state index contributed by atoms with van der Waals surface area (Å²) in [5.74, 6) is -1.63. The van der Waals surface area contributed by atoms with Crippen LogP contribution < -0.4 is 4.74 Å². The van der Waals surface area contributed by atoms with E-state index >= 15 is 0 Å². The first-order valence-corrected chi connectivity index (χ1v) is 13.8. The molecule has 1 aliphatic rings. The molecule has 3 aromatic rings. The Balaban J connectivity index is 1.65. The van der Waals surface area contributed by atoms with Crippen LogP contribution in [-0.2, 0) is 16.1 Å². The van der Waals surface area contributed by atoms with Gasteiger partial charge in [-0.05, 0) is 48.9 Å². The van der Waals surface area contributed by atoms with Gasteiger partial charge < -0.3 is 14.6 Å². The van der Waals surface area contributed by atoms with E-state index in [4.69, 9.17) is 55.9 Å². The normalized spacial score (nSPS) is 15.2. The second-order valence-electron chi connectivity index (χ2n) is 7.95.